The monoisotopic (exact) mass is 278 g/mol. The average Bonchev–Trinajstić information content (AvgIpc) is 2.85. The van der Waals surface area contributed by atoms with Crippen LogP contribution in [0.5, 0.6) is 5.75 Å². The highest BCUT2D eigenvalue weighted by molar-refractivity contribution is 5.93. The number of aromatic nitrogens is 3. The lowest BCUT2D eigenvalue weighted by Crippen LogP contribution is -2.11. The van der Waals surface area contributed by atoms with E-state index in [1.165, 1.54) is 0 Å². The number of aryl methyl sites for hydroxylation is 1. The van der Waals surface area contributed by atoms with E-state index in [9.17, 15) is 5.11 Å². The van der Waals surface area contributed by atoms with Crippen LogP contribution in [-0.2, 0) is 12.8 Å². The van der Waals surface area contributed by atoms with Gasteiger partial charge in [-0.1, -0.05) is 12.1 Å². The minimum Gasteiger partial charge on any atom is -0.507 e. The largest absolute Gasteiger partial charge is 0.507 e. The van der Waals surface area contributed by atoms with Gasteiger partial charge >= 0.3 is 0 Å². The fourth-order valence-electron chi connectivity index (χ4n) is 2.91. The van der Waals surface area contributed by atoms with E-state index in [4.69, 9.17) is 5.41 Å². The van der Waals surface area contributed by atoms with Crippen molar-refractivity contribution in [1.82, 2.24) is 15.2 Å². The van der Waals surface area contributed by atoms with Crippen LogP contribution >= 0.6 is 0 Å². The number of para-hydroxylation sites is 1. The third-order valence-electron chi connectivity index (χ3n) is 4.00. The average molecular weight is 278 g/mol. The highest BCUT2D eigenvalue weighted by atomic mass is 16.3. The van der Waals surface area contributed by atoms with Crippen LogP contribution in [0.3, 0.4) is 0 Å². The molecule has 104 valence electrons. The SMILES string of the molecule is N=C1CCc2[nH]c3nnc(-c4ccccc4O)cc3c2C1. The summed E-state index contributed by atoms with van der Waals surface area (Å²) in [6.45, 7) is 0. The van der Waals surface area contributed by atoms with Gasteiger partial charge in [0.1, 0.15) is 5.75 Å². The molecule has 3 N–H and O–H groups in total. The van der Waals surface area contributed by atoms with E-state index >= 15 is 0 Å². The van der Waals surface area contributed by atoms with Crippen LogP contribution in [-0.4, -0.2) is 26.0 Å². The molecular weight excluding hydrogens is 264 g/mol. The number of H-pyrrole nitrogens is 1. The summed E-state index contributed by atoms with van der Waals surface area (Å²) >= 11 is 0. The van der Waals surface area contributed by atoms with E-state index in [1.54, 1.807) is 12.1 Å². The molecule has 0 spiro atoms. The summed E-state index contributed by atoms with van der Waals surface area (Å²) in [5.74, 6) is 0.197. The number of hydrogen-bond donors (Lipinski definition) is 3. The highest BCUT2D eigenvalue weighted by Gasteiger charge is 2.20. The molecule has 1 aliphatic carbocycles. The number of phenols is 1. The van der Waals surface area contributed by atoms with Gasteiger partial charge in [-0.25, -0.2) is 0 Å². The number of rotatable bonds is 1. The first kappa shape index (κ1) is 12.1. The minimum atomic E-state index is 0.197. The zero-order valence-electron chi connectivity index (χ0n) is 11.3. The molecule has 0 aliphatic heterocycles. The lowest BCUT2D eigenvalue weighted by Gasteiger charge is -2.12. The molecular formula is C16H14N4O. The fraction of sp³-hybridized carbons (Fsp3) is 0.188. The lowest BCUT2D eigenvalue weighted by molar-refractivity contribution is 0.477. The lowest BCUT2D eigenvalue weighted by atomic mass is 9.94. The molecule has 5 heteroatoms. The second-order valence-electron chi connectivity index (χ2n) is 5.37. The first-order valence-electron chi connectivity index (χ1n) is 6.94. The predicted octanol–water partition coefficient (Wildman–Crippen LogP) is 2.84. The third kappa shape index (κ3) is 1.89. The van der Waals surface area contributed by atoms with Crippen molar-refractivity contribution >= 4 is 16.7 Å². The van der Waals surface area contributed by atoms with Crippen LogP contribution < -0.4 is 0 Å². The van der Waals surface area contributed by atoms with Crippen molar-refractivity contribution in [1.29, 1.82) is 5.41 Å². The first-order valence-corrected chi connectivity index (χ1v) is 6.94. The molecule has 1 aliphatic rings. The Morgan fingerprint density at radius 1 is 1.14 bits per heavy atom. The van der Waals surface area contributed by atoms with Crippen molar-refractivity contribution in [2.45, 2.75) is 19.3 Å². The Labute approximate surface area is 121 Å². The van der Waals surface area contributed by atoms with Crippen LogP contribution in [0.1, 0.15) is 17.7 Å². The third-order valence-corrected chi connectivity index (χ3v) is 4.00. The van der Waals surface area contributed by atoms with Crippen LogP contribution in [0.15, 0.2) is 30.3 Å². The van der Waals surface area contributed by atoms with Gasteiger partial charge in [0.15, 0.2) is 5.65 Å². The topological polar surface area (TPSA) is 85.7 Å². The van der Waals surface area contributed by atoms with Crippen LogP contribution in [0.2, 0.25) is 0 Å². The van der Waals surface area contributed by atoms with Crippen molar-refractivity contribution in [2.75, 3.05) is 0 Å². The quantitative estimate of drug-likeness (QED) is 0.639. The molecule has 3 aromatic rings. The molecule has 0 saturated heterocycles. The normalized spacial score (nSPS) is 14.4. The smallest absolute Gasteiger partial charge is 0.160 e. The van der Waals surface area contributed by atoms with E-state index in [1.807, 2.05) is 18.2 Å². The number of hydrogen-bond acceptors (Lipinski definition) is 4. The second-order valence-corrected chi connectivity index (χ2v) is 5.37. The molecule has 0 fully saturated rings. The summed E-state index contributed by atoms with van der Waals surface area (Å²) in [5, 5.41) is 27.3. The molecule has 0 amide bonds. The summed E-state index contributed by atoms with van der Waals surface area (Å²) in [4.78, 5) is 3.30. The van der Waals surface area contributed by atoms with Gasteiger partial charge in [0, 0.05) is 28.8 Å². The Morgan fingerprint density at radius 3 is 2.86 bits per heavy atom. The Kier molecular flexibility index (Phi) is 2.54. The molecule has 0 atom stereocenters. The number of phenolic OH excluding ortho intramolecular Hbond substituents is 1. The number of fused-ring (bicyclic) bond motifs is 3. The molecule has 4 rings (SSSR count). The summed E-state index contributed by atoms with van der Waals surface area (Å²) < 4.78 is 0. The Hall–Kier alpha value is -2.69. The Bertz CT molecular complexity index is 866. The van der Waals surface area contributed by atoms with E-state index in [0.29, 0.717) is 17.7 Å². The predicted molar refractivity (Wildman–Crippen MR) is 80.7 cm³/mol. The van der Waals surface area contributed by atoms with Gasteiger partial charge in [0.2, 0.25) is 0 Å². The minimum absolute atomic E-state index is 0.197. The molecule has 0 radical (unpaired) electrons. The number of nitrogens with zero attached hydrogens (tertiary/aromatic N) is 2. The molecule has 21 heavy (non-hydrogen) atoms. The number of benzene rings is 1. The number of aromatic amines is 1. The molecule has 0 unspecified atom stereocenters. The van der Waals surface area contributed by atoms with E-state index in [-0.39, 0.29) is 5.75 Å². The maximum atomic E-state index is 9.96. The van der Waals surface area contributed by atoms with Gasteiger partial charge in [-0.2, -0.15) is 0 Å². The van der Waals surface area contributed by atoms with Gasteiger partial charge in [-0.15, -0.1) is 10.2 Å². The maximum Gasteiger partial charge on any atom is 0.160 e. The van der Waals surface area contributed by atoms with Crippen molar-refractivity contribution in [2.24, 2.45) is 0 Å². The summed E-state index contributed by atoms with van der Waals surface area (Å²) in [7, 11) is 0. The van der Waals surface area contributed by atoms with E-state index < -0.39 is 0 Å². The molecule has 2 heterocycles. The number of aromatic hydroxyl groups is 1. The van der Waals surface area contributed by atoms with E-state index in [0.717, 1.165) is 40.8 Å². The standard InChI is InChI=1S/C16H14N4O/c17-9-5-6-13-11(7-9)12-8-14(19-20-16(12)18-13)10-3-1-2-4-15(10)21/h1-4,8,17,21H,5-7H2,(H,18,20). The summed E-state index contributed by atoms with van der Waals surface area (Å²) in [6.07, 6.45) is 2.33. The van der Waals surface area contributed by atoms with Crippen molar-refractivity contribution in [3.63, 3.8) is 0 Å². The maximum absolute atomic E-state index is 9.96. The van der Waals surface area contributed by atoms with Crippen molar-refractivity contribution in [3.8, 4) is 17.0 Å². The zero-order chi connectivity index (χ0) is 14.4. The summed E-state index contributed by atoms with van der Waals surface area (Å²) in [6, 6.07) is 9.06. The molecule has 5 nitrogen and oxygen atoms in total. The van der Waals surface area contributed by atoms with Crippen LogP contribution in [0.25, 0.3) is 22.3 Å². The highest BCUT2D eigenvalue weighted by Crippen LogP contribution is 2.32. The van der Waals surface area contributed by atoms with Crippen molar-refractivity contribution < 1.29 is 5.11 Å². The Morgan fingerprint density at radius 2 is 2.00 bits per heavy atom. The van der Waals surface area contributed by atoms with Gasteiger partial charge in [0.25, 0.3) is 0 Å². The van der Waals surface area contributed by atoms with Gasteiger partial charge < -0.3 is 15.5 Å². The van der Waals surface area contributed by atoms with Crippen molar-refractivity contribution in [3.05, 3.63) is 41.6 Å². The molecule has 0 bridgehead atoms. The zero-order valence-corrected chi connectivity index (χ0v) is 11.3. The van der Waals surface area contributed by atoms with Gasteiger partial charge in [-0.3, -0.25) is 0 Å². The molecule has 1 aromatic carbocycles. The fourth-order valence-corrected chi connectivity index (χ4v) is 2.91. The van der Waals surface area contributed by atoms with Gasteiger partial charge in [-0.05, 0) is 36.6 Å². The molecule has 2 aromatic heterocycles. The van der Waals surface area contributed by atoms with Crippen LogP contribution in [0.4, 0.5) is 0 Å². The first-order chi connectivity index (χ1) is 10.2. The van der Waals surface area contributed by atoms with Gasteiger partial charge in [0.05, 0.1) is 5.69 Å². The molecule has 0 saturated carbocycles. The Balaban J connectivity index is 1.92. The number of nitrogens with one attached hydrogen (secondary N) is 2. The van der Waals surface area contributed by atoms with E-state index in [2.05, 4.69) is 15.2 Å². The summed E-state index contributed by atoms with van der Waals surface area (Å²) in [5.41, 5.74) is 5.14. The van der Waals surface area contributed by atoms with Crippen LogP contribution in [0, 0.1) is 5.41 Å². The second kappa shape index (κ2) is 4.41.